The Morgan fingerprint density at radius 1 is 1.00 bits per heavy atom. The molecule has 0 amide bonds. The van der Waals surface area contributed by atoms with Gasteiger partial charge >= 0.3 is 0 Å². The summed E-state index contributed by atoms with van der Waals surface area (Å²) in [7, 11) is 0. The maximum Gasteiger partial charge on any atom is 0.131 e. The number of hydrogen-bond acceptors (Lipinski definition) is 2. The van der Waals surface area contributed by atoms with Crippen LogP contribution in [0.3, 0.4) is 0 Å². The van der Waals surface area contributed by atoms with Gasteiger partial charge in [-0.1, -0.05) is 26.0 Å². The van der Waals surface area contributed by atoms with E-state index in [1.54, 1.807) is 0 Å². The highest BCUT2D eigenvalue weighted by atomic mass is 16.5. The average molecular weight is 255 g/mol. The van der Waals surface area contributed by atoms with Crippen LogP contribution in [0.25, 0.3) is 0 Å². The van der Waals surface area contributed by atoms with Gasteiger partial charge in [-0.25, -0.2) is 0 Å². The van der Waals surface area contributed by atoms with E-state index in [9.17, 15) is 0 Å². The maximum absolute atomic E-state index is 6.03. The van der Waals surface area contributed by atoms with Gasteiger partial charge in [-0.3, -0.25) is 0 Å². The summed E-state index contributed by atoms with van der Waals surface area (Å²) in [6.07, 6.45) is 0. The van der Waals surface area contributed by atoms with E-state index in [4.69, 9.17) is 10.5 Å². The van der Waals surface area contributed by atoms with Gasteiger partial charge in [-0.15, -0.1) is 0 Å². The smallest absolute Gasteiger partial charge is 0.131 e. The lowest BCUT2D eigenvalue weighted by Crippen LogP contribution is -1.96. The Labute approximate surface area is 115 Å². The van der Waals surface area contributed by atoms with Gasteiger partial charge in [-0.2, -0.15) is 0 Å². The van der Waals surface area contributed by atoms with Crippen LogP contribution >= 0.6 is 0 Å². The van der Waals surface area contributed by atoms with Crippen molar-refractivity contribution in [3.05, 3.63) is 53.1 Å². The van der Waals surface area contributed by atoms with Crippen molar-refractivity contribution in [2.45, 2.75) is 33.6 Å². The molecule has 2 heteroatoms. The van der Waals surface area contributed by atoms with Crippen LogP contribution in [0.15, 0.2) is 36.4 Å². The van der Waals surface area contributed by atoms with Crippen molar-refractivity contribution in [1.29, 1.82) is 0 Å². The van der Waals surface area contributed by atoms with Crippen LogP contribution in [-0.2, 0) is 0 Å². The van der Waals surface area contributed by atoms with Crippen LogP contribution in [0.1, 0.15) is 36.5 Å². The average Bonchev–Trinajstić information content (AvgIpc) is 2.33. The lowest BCUT2D eigenvalue weighted by molar-refractivity contribution is 0.472. The second-order valence-electron chi connectivity index (χ2n) is 5.32. The molecule has 0 fully saturated rings. The second kappa shape index (κ2) is 5.35. The fraction of sp³-hybridized carbons (Fsp3) is 0.294. The molecule has 0 saturated heterocycles. The van der Waals surface area contributed by atoms with Crippen molar-refractivity contribution in [3.8, 4) is 11.5 Å². The highest BCUT2D eigenvalue weighted by Gasteiger charge is 2.09. The molecule has 0 unspecified atom stereocenters. The van der Waals surface area contributed by atoms with Gasteiger partial charge in [0.15, 0.2) is 0 Å². The highest BCUT2D eigenvalue weighted by molar-refractivity contribution is 5.51. The molecule has 0 aliphatic carbocycles. The minimum atomic E-state index is 0.436. The number of aryl methyl sites for hydroxylation is 2. The van der Waals surface area contributed by atoms with Gasteiger partial charge in [0.05, 0.1) is 0 Å². The van der Waals surface area contributed by atoms with E-state index in [0.717, 1.165) is 22.7 Å². The summed E-state index contributed by atoms with van der Waals surface area (Å²) in [5, 5.41) is 0. The first-order valence-corrected chi connectivity index (χ1v) is 6.62. The topological polar surface area (TPSA) is 35.2 Å². The molecule has 0 saturated carbocycles. The molecular formula is C17H21NO. The summed E-state index contributed by atoms with van der Waals surface area (Å²) in [5.74, 6) is 2.20. The minimum absolute atomic E-state index is 0.436. The number of hydrogen-bond donors (Lipinski definition) is 1. The summed E-state index contributed by atoms with van der Waals surface area (Å²) < 4.78 is 6.03. The zero-order valence-electron chi connectivity index (χ0n) is 12.0. The van der Waals surface area contributed by atoms with E-state index in [2.05, 4.69) is 39.0 Å². The Hall–Kier alpha value is -1.96. The molecule has 0 radical (unpaired) electrons. The van der Waals surface area contributed by atoms with E-state index in [0.29, 0.717) is 5.92 Å². The van der Waals surface area contributed by atoms with Crippen LogP contribution in [0, 0.1) is 13.8 Å². The van der Waals surface area contributed by atoms with Crippen molar-refractivity contribution in [2.24, 2.45) is 0 Å². The Morgan fingerprint density at radius 2 is 1.74 bits per heavy atom. The summed E-state index contributed by atoms with van der Waals surface area (Å²) in [4.78, 5) is 0. The Kier molecular flexibility index (Phi) is 3.79. The van der Waals surface area contributed by atoms with E-state index < -0.39 is 0 Å². The third-order valence-electron chi connectivity index (χ3n) is 3.26. The molecule has 2 N–H and O–H groups in total. The minimum Gasteiger partial charge on any atom is -0.457 e. The normalized spacial score (nSPS) is 10.8. The Morgan fingerprint density at radius 3 is 2.37 bits per heavy atom. The van der Waals surface area contributed by atoms with Crippen LogP contribution < -0.4 is 10.5 Å². The fourth-order valence-electron chi connectivity index (χ4n) is 2.05. The standard InChI is InChI=1S/C17H21NO/c1-11(2)15-7-5-12(3)9-17(15)19-14-6-8-16(18)13(4)10-14/h5-11H,18H2,1-4H3. The zero-order valence-corrected chi connectivity index (χ0v) is 12.0. The van der Waals surface area contributed by atoms with E-state index in [1.165, 1.54) is 11.1 Å². The predicted octanol–water partition coefficient (Wildman–Crippen LogP) is 4.80. The van der Waals surface area contributed by atoms with Crippen molar-refractivity contribution in [3.63, 3.8) is 0 Å². The van der Waals surface area contributed by atoms with Gasteiger partial charge in [-0.05, 0) is 60.7 Å². The molecule has 0 spiro atoms. The molecule has 0 bridgehead atoms. The van der Waals surface area contributed by atoms with Crippen molar-refractivity contribution >= 4 is 5.69 Å². The SMILES string of the molecule is Cc1ccc(C(C)C)c(Oc2ccc(N)c(C)c2)c1. The molecule has 0 aromatic heterocycles. The molecular weight excluding hydrogens is 234 g/mol. The monoisotopic (exact) mass is 255 g/mol. The van der Waals surface area contributed by atoms with Gasteiger partial charge in [0.1, 0.15) is 11.5 Å². The first-order valence-electron chi connectivity index (χ1n) is 6.62. The number of benzene rings is 2. The summed E-state index contributed by atoms with van der Waals surface area (Å²) >= 11 is 0. The molecule has 19 heavy (non-hydrogen) atoms. The van der Waals surface area contributed by atoms with Crippen LogP contribution in [0.5, 0.6) is 11.5 Å². The van der Waals surface area contributed by atoms with Crippen molar-refractivity contribution in [1.82, 2.24) is 0 Å². The van der Waals surface area contributed by atoms with E-state index >= 15 is 0 Å². The summed E-state index contributed by atoms with van der Waals surface area (Å²) in [5.41, 5.74) is 10.1. The number of ether oxygens (including phenoxy) is 1. The zero-order chi connectivity index (χ0) is 14.0. The third-order valence-corrected chi connectivity index (χ3v) is 3.26. The lowest BCUT2D eigenvalue weighted by atomic mass is 10.0. The van der Waals surface area contributed by atoms with E-state index in [1.807, 2.05) is 25.1 Å². The first-order chi connectivity index (χ1) is 8.97. The largest absolute Gasteiger partial charge is 0.457 e. The molecule has 0 heterocycles. The van der Waals surface area contributed by atoms with Gasteiger partial charge in [0.2, 0.25) is 0 Å². The van der Waals surface area contributed by atoms with Gasteiger partial charge in [0, 0.05) is 5.69 Å². The second-order valence-corrected chi connectivity index (χ2v) is 5.32. The van der Waals surface area contributed by atoms with Crippen molar-refractivity contribution in [2.75, 3.05) is 5.73 Å². The third kappa shape index (κ3) is 3.08. The van der Waals surface area contributed by atoms with Crippen LogP contribution in [0.4, 0.5) is 5.69 Å². The molecule has 2 nitrogen and oxygen atoms in total. The van der Waals surface area contributed by atoms with Gasteiger partial charge < -0.3 is 10.5 Å². The van der Waals surface area contributed by atoms with Gasteiger partial charge in [0.25, 0.3) is 0 Å². The van der Waals surface area contributed by atoms with Crippen LogP contribution in [0.2, 0.25) is 0 Å². The van der Waals surface area contributed by atoms with Crippen molar-refractivity contribution < 1.29 is 4.74 Å². The number of anilines is 1. The first kappa shape index (κ1) is 13.5. The molecule has 100 valence electrons. The molecule has 0 aliphatic heterocycles. The lowest BCUT2D eigenvalue weighted by Gasteiger charge is -2.15. The van der Waals surface area contributed by atoms with Crippen LogP contribution in [-0.4, -0.2) is 0 Å². The number of nitrogens with two attached hydrogens (primary N) is 1. The molecule has 0 aliphatic rings. The molecule has 2 aromatic rings. The molecule has 2 aromatic carbocycles. The maximum atomic E-state index is 6.03. The Balaban J connectivity index is 2.36. The summed E-state index contributed by atoms with van der Waals surface area (Å²) in [6, 6.07) is 12.1. The molecule has 2 rings (SSSR count). The number of nitrogen functional groups attached to an aromatic ring is 1. The summed E-state index contributed by atoms with van der Waals surface area (Å²) in [6.45, 7) is 8.41. The number of rotatable bonds is 3. The fourth-order valence-corrected chi connectivity index (χ4v) is 2.05. The predicted molar refractivity (Wildman–Crippen MR) is 80.9 cm³/mol. The quantitative estimate of drug-likeness (QED) is 0.799. The highest BCUT2D eigenvalue weighted by Crippen LogP contribution is 2.32. The Bertz CT molecular complexity index is 588. The molecule has 0 atom stereocenters. The van der Waals surface area contributed by atoms with E-state index in [-0.39, 0.29) is 0 Å².